The first-order valence-electron chi connectivity index (χ1n) is 8.72. The Labute approximate surface area is 154 Å². The van der Waals surface area contributed by atoms with Crippen LogP contribution in [0.3, 0.4) is 0 Å². The molecule has 0 saturated heterocycles. The molecule has 2 heterocycles. The van der Waals surface area contributed by atoms with Gasteiger partial charge in [-0.15, -0.1) is 10.2 Å². The Morgan fingerprint density at radius 2 is 2.04 bits per heavy atom. The zero-order chi connectivity index (χ0) is 17.9. The molecule has 4 rings (SSSR count). The summed E-state index contributed by atoms with van der Waals surface area (Å²) in [5.41, 5.74) is 2.33. The van der Waals surface area contributed by atoms with Crippen molar-refractivity contribution in [3.05, 3.63) is 46.5 Å². The summed E-state index contributed by atoms with van der Waals surface area (Å²) in [5.74, 6) is 0.410. The average molecular weight is 369 g/mol. The van der Waals surface area contributed by atoms with E-state index in [0.29, 0.717) is 23.0 Å². The molecule has 7 nitrogen and oxygen atoms in total. The normalized spacial score (nSPS) is 20.2. The van der Waals surface area contributed by atoms with Crippen LogP contribution in [0.4, 0.5) is 5.13 Å². The number of aromatic nitrogens is 4. The number of para-hydroxylation sites is 1. The van der Waals surface area contributed by atoms with Crippen LogP contribution in [-0.4, -0.2) is 25.7 Å². The summed E-state index contributed by atoms with van der Waals surface area (Å²) in [6.45, 7) is 0.654. The molecule has 8 heteroatoms. The minimum atomic E-state index is 0.00148. The van der Waals surface area contributed by atoms with E-state index in [-0.39, 0.29) is 17.4 Å². The molecule has 1 N–H and O–H groups in total. The van der Waals surface area contributed by atoms with Crippen LogP contribution < -0.4 is 10.9 Å². The van der Waals surface area contributed by atoms with E-state index in [9.17, 15) is 9.59 Å². The van der Waals surface area contributed by atoms with Gasteiger partial charge >= 0.3 is 0 Å². The van der Waals surface area contributed by atoms with Gasteiger partial charge in [0.1, 0.15) is 5.51 Å². The number of carbonyl (C=O) groups is 1. The van der Waals surface area contributed by atoms with Gasteiger partial charge in [0.15, 0.2) is 0 Å². The maximum Gasteiger partial charge on any atom is 0.261 e. The zero-order valence-electron chi connectivity index (χ0n) is 14.2. The van der Waals surface area contributed by atoms with Crippen LogP contribution in [0.5, 0.6) is 0 Å². The van der Waals surface area contributed by atoms with E-state index >= 15 is 0 Å². The number of amides is 1. The molecule has 1 amide bonds. The number of carbonyl (C=O) groups excluding carboxylic acids is 1. The van der Waals surface area contributed by atoms with Crippen molar-refractivity contribution >= 4 is 33.3 Å². The number of anilines is 1. The van der Waals surface area contributed by atoms with Crippen LogP contribution in [-0.2, 0) is 11.3 Å². The third-order valence-electron chi connectivity index (χ3n) is 4.99. The summed E-state index contributed by atoms with van der Waals surface area (Å²) in [6, 6.07) is 7.41. The van der Waals surface area contributed by atoms with Gasteiger partial charge in [0.25, 0.3) is 5.56 Å². The summed E-state index contributed by atoms with van der Waals surface area (Å²) < 4.78 is 1.70. The summed E-state index contributed by atoms with van der Waals surface area (Å²) in [6.07, 6.45) is 5.13. The second-order valence-electron chi connectivity index (χ2n) is 6.67. The topological polar surface area (TPSA) is 89.8 Å². The summed E-state index contributed by atoms with van der Waals surface area (Å²) >= 11 is 1.32. The lowest BCUT2D eigenvalue weighted by molar-refractivity contribution is -0.121. The average Bonchev–Trinajstić information content (AvgIpc) is 3.18. The Balaban J connectivity index is 1.37. The minimum Gasteiger partial charge on any atom is -0.300 e. The molecular formula is C18H19N5O2S. The van der Waals surface area contributed by atoms with E-state index < -0.39 is 0 Å². The number of benzene rings is 1. The van der Waals surface area contributed by atoms with Gasteiger partial charge in [-0.1, -0.05) is 23.5 Å². The molecule has 26 heavy (non-hydrogen) atoms. The largest absolute Gasteiger partial charge is 0.300 e. The van der Waals surface area contributed by atoms with Gasteiger partial charge in [0, 0.05) is 12.5 Å². The van der Waals surface area contributed by atoms with Crippen molar-refractivity contribution in [3.63, 3.8) is 0 Å². The quantitative estimate of drug-likeness (QED) is 0.764. The van der Waals surface area contributed by atoms with Gasteiger partial charge in [-0.05, 0) is 43.7 Å². The molecule has 0 aliphatic heterocycles. The molecule has 1 fully saturated rings. The van der Waals surface area contributed by atoms with Crippen LogP contribution in [0, 0.1) is 11.8 Å². The van der Waals surface area contributed by atoms with E-state index in [4.69, 9.17) is 0 Å². The third kappa shape index (κ3) is 3.50. The SMILES string of the molecule is O=C(Nc1nncs1)C1CCC(Cn2cnc3ccccc3c2=O)CC1. The number of nitrogens with one attached hydrogen (secondary N) is 1. The summed E-state index contributed by atoms with van der Waals surface area (Å²) in [7, 11) is 0. The fourth-order valence-electron chi connectivity index (χ4n) is 3.56. The predicted molar refractivity (Wildman–Crippen MR) is 100.0 cm³/mol. The smallest absolute Gasteiger partial charge is 0.261 e. The van der Waals surface area contributed by atoms with Crippen LogP contribution in [0.15, 0.2) is 40.9 Å². The van der Waals surface area contributed by atoms with Crippen molar-refractivity contribution in [1.82, 2.24) is 19.7 Å². The standard InChI is InChI=1S/C18H19N5O2S/c24-16(21-18-22-20-11-26-18)13-7-5-12(6-8-13)9-23-10-19-15-4-2-1-3-14(15)17(23)25/h1-4,10-13H,5-9H2,(H,21,22,24). The fourth-order valence-corrected chi connectivity index (χ4v) is 4.00. The Kier molecular flexibility index (Phi) is 4.75. The van der Waals surface area contributed by atoms with Crippen LogP contribution in [0.2, 0.25) is 0 Å². The third-order valence-corrected chi connectivity index (χ3v) is 5.60. The van der Waals surface area contributed by atoms with Crippen molar-refractivity contribution in [1.29, 1.82) is 0 Å². The highest BCUT2D eigenvalue weighted by Crippen LogP contribution is 2.30. The highest BCUT2D eigenvalue weighted by Gasteiger charge is 2.27. The maximum atomic E-state index is 12.6. The van der Waals surface area contributed by atoms with E-state index in [1.807, 2.05) is 24.3 Å². The molecule has 1 aromatic carbocycles. The number of fused-ring (bicyclic) bond motifs is 1. The van der Waals surface area contributed by atoms with Crippen LogP contribution in [0.1, 0.15) is 25.7 Å². The number of rotatable bonds is 4. The van der Waals surface area contributed by atoms with Gasteiger partial charge in [-0.2, -0.15) is 0 Å². The summed E-state index contributed by atoms with van der Waals surface area (Å²) in [5, 5.41) is 11.6. The monoisotopic (exact) mass is 369 g/mol. The molecular weight excluding hydrogens is 350 g/mol. The first-order chi connectivity index (χ1) is 12.7. The molecule has 1 saturated carbocycles. The van der Waals surface area contributed by atoms with Gasteiger partial charge in [-0.3, -0.25) is 14.2 Å². The first-order valence-corrected chi connectivity index (χ1v) is 9.60. The van der Waals surface area contributed by atoms with Crippen molar-refractivity contribution in [2.45, 2.75) is 32.2 Å². The highest BCUT2D eigenvalue weighted by molar-refractivity contribution is 7.13. The fraction of sp³-hybridized carbons (Fsp3) is 0.389. The van der Waals surface area contributed by atoms with Crippen LogP contribution >= 0.6 is 11.3 Å². The van der Waals surface area contributed by atoms with Gasteiger partial charge < -0.3 is 5.32 Å². The lowest BCUT2D eigenvalue weighted by atomic mass is 9.81. The molecule has 134 valence electrons. The Bertz CT molecular complexity index is 961. The van der Waals surface area contributed by atoms with Crippen molar-refractivity contribution in [2.75, 3.05) is 5.32 Å². The zero-order valence-corrected chi connectivity index (χ0v) is 15.0. The van der Waals surface area contributed by atoms with Gasteiger partial charge in [0.2, 0.25) is 11.0 Å². The molecule has 3 aromatic rings. The minimum absolute atomic E-state index is 0.00148. The molecule has 0 spiro atoms. The Morgan fingerprint density at radius 1 is 1.23 bits per heavy atom. The van der Waals surface area contributed by atoms with Crippen LogP contribution in [0.25, 0.3) is 10.9 Å². The molecule has 0 bridgehead atoms. The molecule has 1 aliphatic carbocycles. The molecule has 0 radical (unpaired) electrons. The second kappa shape index (κ2) is 7.33. The van der Waals surface area contributed by atoms with Crippen molar-refractivity contribution < 1.29 is 4.79 Å². The lowest BCUT2D eigenvalue weighted by Crippen LogP contribution is -2.30. The first kappa shape index (κ1) is 16.8. The number of nitrogens with zero attached hydrogens (tertiary/aromatic N) is 4. The molecule has 0 atom stereocenters. The van der Waals surface area contributed by atoms with E-state index in [1.54, 1.807) is 16.4 Å². The maximum absolute atomic E-state index is 12.6. The molecule has 1 aliphatic rings. The number of hydrogen-bond donors (Lipinski definition) is 1. The highest BCUT2D eigenvalue weighted by atomic mass is 32.1. The van der Waals surface area contributed by atoms with Crippen molar-refractivity contribution in [2.24, 2.45) is 11.8 Å². The summed E-state index contributed by atoms with van der Waals surface area (Å²) in [4.78, 5) is 29.3. The van der Waals surface area contributed by atoms with Gasteiger partial charge in [0.05, 0.1) is 17.2 Å². The molecule has 0 unspecified atom stereocenters. The Morgan fingerprint density at radius 3 is 2.81 bits per heavy atom. The lowest BCUT2D eigenvalue weighted by Gasteiger charge is -2.27. The van der Waals surface area contributed by atoms with E-state index in [2.05, 4.69) is 20.5 Å². The Hall–Kier alpha value is -2.61. The van der Waals surface area contributed by atoms with Crippen molar-refractivity contribution in [3.8, 4) is 0 Å². The second-order valence-corrected chi connectivity index (χ2v) is 7.50. The number of hydrogen-bond acceptors (Lipinski definition) is 6. The molecule has 2 aromatic heterocycles. The predicted octanol–water partition coefficient (Wildman–Crippen LogP) is 2.69. The van der Waals surface area contributed by atoms with E-state index in [1.165, 1.54) is 11.3 Å². The van der Waals surface area contributed by atoms with Gasteiger partial charge in [-0.25, -0.2) is 4.98 Å². The van der Waals surface area contributed by atoms with E-state index in [0.717, 1.165) is 31.2 Å².